The maximum Gasteiger partial charge on any atom is 0.338 e. The fourth-order valence-corrected chi connectivity index (χ4v) is 3.67. The van der Waals surface area contributed by atoms with Gasteiger partial charge >= 0.3 is 5.97 Å². The summed E-state index contributed by atoms with van der Waals surface area (Å²) in [6.07, 6.45) is 5.57. The summed E-state index contributed by atoms with van der Waals surface area (Å²) in [7, 11) is 2.18. The van der Waals surface area contributed by atoms with E-state index >= 15 is 0 Å². The smallest absolute Gasteiger partial charge is 0.338 e. The van der Waals surface area contributed by atoms with Crippen LogP contribution in [0.5, 0.6) is 0 Å². The lowest BCUT2D eigenvalue weighted by molar-refractivity contribution is 0.0697. The van der Waals surface area contributed by atoms with Crippen LogP contribution < -0.4 is 0 Å². The van der Waals surface area contributed by atoms with Gasteiger partial charge in [-0.15, -0.1) is 0 Å². The Balaban J connectivity index is 1.61. The minimum absolute atomic E-state index is 0.231. The number of aromatic carboxylic acids is 1. The highest BCUT2D eigenvalue weighted by Crippen LogP contribution is 2.52. The number of carboxylic acids is 1. The van der Waals surface area contributed by atoms with Gasteiger partial charge in [0.2, 0.25) is 0 Å². The van der Waals surface area contributed by atoms with E-state index in [4.69, 9.17) is 5.11 Å². The summed E-state index contributed by atoms with van der Waals surface area (Å²) < 4.78 is 1.69. The van der Waals surface area contributed by atoms with Crippen molar-refractivity contribution in [1.29, 1.82) is 0 Å². The monoisotopic (exact) mass is 297 g/mol. The Morgan fingerprint density at radius 2 is 2.23 bits per heavy atom. The number of likely N-dealkylation sites (N-methyl/N-ethyl adjacent to an activating group) is 1. The predicted octanol–water partition coefficient (Wildman–Crippen LogP) is 2.11. The van der Waals surface area contributed by atoms with Gasteiger partial charge in [-0.2, -0.15) is 5.10 Å². The zero-order valence-electron chi connectivity index (χ0n) is 12.6. The van der Waals surface area contributed by atoms with Crippen molar-refractivity contribution in [1.82, 2.24) is 14.7 Å². The summed E-state index contributed by atoms with van der Waals surface area (Å²) in [6, 6.07) is 6.69. The number of carboxylic acid groups (broad SMARTS) is 1. The first-order valence-electron chi connectivity index (χ1n) is 7.62. The van der Waals surface area contributed by atoms with Crippen LogP contribution in [0.1, 0.15) is 39.9 Å². The van der Waals surface area contributed by atoms with Crippen LogP contribution in [-0.2, 0) is 18.5 Å². The van der Waals surface area contributed by atoms with Gasteiger partial charge in [-0.25, -0.2) is 4.79 Å². The van der Waals surface area contributed by atoms with Crippen LogP contribution in [0.3, 0.4) is 0 Å². The van der Waals surface area contributed by atoms with Crippen molar-refractivity contribution in [3.8, 4) is 0 Å². The van der Waals surface area contributed by atoms with Gasteiger partial charge in [0, 0.05) is 24.7 Å². The molecule has 1 aliphatic carbocycles. The van der Waals surface area contributed by atoms with E-state index in [0.717, 1.165) is 6.54 Å². The number of hydrogen-bond acceptors (Lipinski definition) is 3. The molecule has 1 saturated carbocycles. The van der Waals surface area contributed by atoms with E-state index < -0.39 is 5.97 Å². The lowest BCUT2D eigenvalue weighted by Gasteiger charge is -2.32. The average Bonchev–Trinajstić information content (AvgIpc) is 3.05. The van der Waals surface area contributed by atoms with Crippen molar-refractivity contribution in [3.63, 3.8) is 0 Å². The summed E-state index contributed by atoms with van der Waals surface area (Å²) >= 11 is 0. The maximum absolute atomic E-state index is 10.9. The van der Waals surface area contributed by atoms with Gasteiger partial charge in [-0.1, -0.05) is 18.2 Å². The Labute approximate surface area is 129 Å². The molecule has 0 radical (unpaired) electrons. The zero-order valence-corrected chi connectivity index (χ0v) is 12.6. The molecule has 1 aliphatic heterocycles. The molecule has 1 N–H and O–H groups in total. The summed E-state index contributed by atoms with van der Waals surface area (Å²) in [5, 5.41) is 13.1. The normalized spacial score (nSPS) is 19.1. The molecule has 0 atom stereocenters. The van der Waals surface area contributed by atoms with Crippen LogP contribution in [0.25, 0.3) is 0 Å². The second-order valence-electron chi connectivity index (χ2n) is 6.68. The number of hydrogen-bond donors (Lipinski definition) is 1. The van der Waals surface area contributed by atoms with Crippen molar-refractivity contribution in [2.75, 3.05) is 13.6 Å². The summed E-state index contributed by atoms with van der Waals surface area (Å²) in [5.74, 6) is -0.936. The number of carbonyl (C=O) groups is 1. The molecule has 0 unspecified atom stereocenters. The van der Waals surface area contributed by atoms with Gasteiger partial charge in [-0.05, 0) is 36.6 Å². The standard InChI is InChI=1S/C17H19N3O2/c1-19-9-13-6-12(2-3-15(13)17(11-19)4-5-17)8-20-10-14(7-18-20)16(21)22/h2-3,6-7,10H,4-5,8-9,11H2,1H3,(H,21,22). The second kappa shape index (κ2) is 4.68. The minimum Gasteiger partial charge on any atom is -0.478 e. The third-order valence-electron chi connectivity index (χ3n) is 4.83. The topological polar surface area (TPSA) is 58.4 Å². The molecule has 1 spiro atoms. The van der Waals surface area contributed by atoms with Crippen LogP contribution in [0.4, 0.5) is 0 Å². The van der Waals surface area contributed by atoms with Gasteiger partial charge < -0.3 is 10.0 Å². The van der Waals surface area contributed by atoms with Crippen molar-refractivity contribution in [2.24, 2.45) is 0 Å². The van der Waals surface area contributed by atoms with E-state index in [0.29, 0.717) is 12.0 Å². The lowest BCUT2D eigenvalue weighted by atomic mass is 9.86. The van der Waals surface area contributed by atoms with E-state index in [2.05, 4.69) is 35.2 Å². The Kier molecular flexibility index (Phi) is 2.87. The van der Waals surface area contributed by atoms with Crippen molar-refractivity contribution >= 4 is 5.97 Å². The Morgan fingerprint density at radius 3 is 2.91 bits per heavy atom. The van der Waals surface area contributed by atoms with E-state index in [9.17, 15) is 4.79 Å². The van der Waals surface area contributed by atoms with E-state index in [1.165, 1.54) is 42.3 Å². The van der Waals surface area contributed by atoms with Gasteiger partial charge in [0.05, 0.1) is 18.3 Å². The van der Waals surface area contributed by atoms with E-state index in [1.54, 1.807) is 10.9 Å². The highest BCUT2D eigenvalue weighted by atomic mass is 16.4. The molecule has 22 heavy (non-hydrogen) atoms. The summed E-state index contributed by atoms with van der Waals surface area (Å²) in [4.78, 5) is 13.3. The maximum atomic E-state index is 10.9. The fraction of sp³-hybridized carbons (Fsp3) is 0.412. The molecule has 1 aromatic heterocycles. The SMILES string of the molecule is CN1Cc2cc(Cn3cc(C(=O)O)cn3)ccc2C2(CC2)C1. The van der Waals surface area contributed by atoms with Crippen LogP contribution in [0.15, 0.2) is 30.6 Å². The largest absolute Gasteiger partial charge is 0.478 e. The molecule has 1 aromatic carbocycles. The number of aromatic nitrogens is 2. The van der Waals surface area contributed by atoms with Crippen LogP contribution in [0.2, 0.25) is 0 Å². The van der Waals surface area contributed by atoms with E-state index in [-0.39, 0.29) is 5.56 Å². The first kappa shape index (κ1) is 13.5. The number of benzene rings is 1. The van der Waals surface area contributed by atoms with Crippen LogP contribution >= 0.6 is 0 Å². The molecule has 0 saturated heterocycles. The molecule has 5 nitrogen and oxygen atoms in total. The molecule has 2 aliphatic rings. The van der Waals surface area contributed by atoms with E-state index in [1.807, 2.05) is 0 Å². The molecular weight excluding hydrogens is 278 g/mol. The lowest BCUT2D eigenvalue weighted by Crippen LogP contribution is -2.35. The molecule has 5 heteroatoms. The molecule has 4 rings (SSSR count). The van der Waals surface area contributed by atoms with Gasteiger partial charge in [0.25, 0.3) is 0 Å². The average molecular weight is 297 g/mol. The third kappa shape index (κ3) is 2.22. The quantitative estimate of drug-likeness (QED) is 0.942. The predicted molar refractivity (Wildman–Crippen MR) is 82.0 cm³/mol. The summed E-state index contributed by atoms with van der Waals surface area (Å²) in [5.41, 5.74) is 4.73. The molecule has 0 amide bonds. The minimum atomic E-state index is -0.936. The van der Waals surface area contributed by atoms with Gasteiger partial charge in [0.15, 0.2) is 0 Å². The zero-order chi connectivity index (χ0) is 15.3. The number of fused-ring (bicyclic) bond motifs is 2. The number of rotatable bonds is 3. The fourth-order valence-electron chi connectivity index (χ4n) is 3.67. The second-order valence-corrected chi connectivity index (χ2v) is 6.68. The highest BCUT2D eigenvalue weighted by molar-refractivity contribution is 5.86. The molecular formula is C17H19N3O2. The molecule has 2 aromatic rings. The molecule has 1 fully saturated rings. The van der Waals surface area contributed by atoms with Gasteiger partial charge in [-0.3, -0.25) is 4.68 Å². The molecule has 114 valence electrons. The van der Waals surface area contributed by atoms with Crippen LogP contribution in [0, 0.1) is 0 Å². The van der Waals surface area contributed by atoms with Gasteiger partial charge in [0.1, 0.15) is 0 Å². The molecule has 2 heterocycles. The first-order valence-corrected chi connectivity index (χ1v) is 7.62. The third-order valence-corrected chi connectivity index (χ3v) is 4.83. The highest BCUT2D eigenvalue weighted by Gasteiger charge is 2.48. The Hall–Kier alpha value is -2.14. The Bertz CT molecular complexity index is 746. The Morgan fingerprint density at radius 1 is 1.41 bits per heavy atom. The number of nitrogens with zero attached hydrogens (tertiary/aromatic N) is 3. The summed E-state index contributed by atoms with van der Waals surface area (Å²) in [6.45, 7) is 2.77. The van der Waals surface area contributed by atoms with Crippen molar-refractivity contribution < 1.29 is 9.90 Å². The molecule has 0 bridgehead atoms. The van der Waals surface area contributed by atoms with Crippen molar-refractivity contribution in [3.05, 3.63) is 52.8 Å². The van der Waals surface area contributed by atoms with Crippen molar-refractivity contribution in [2.45, 2.75) is 31.3 Å². The van der Waals surface area contributed by atoms with Crippen LogP contribution in [-0.4, -0.2) is 39.3 Å². The first-order chi connectivity index (χ1) is 10.6.